The van der Waals surface area contributed by atoms with Crippen LogP contribution in [0.4, 0.5) is 5.69 Å². The lowest BCUT2D eigenvalue weighted by molar-refractivity contribution is -0.126. The van der Waals surface area contributed by atoms with Crippen molar-refractivity contribution < 1.29 is 17.9 Å². The van der Waals surface area contributed by atoms with Gasteiger partial charge in [0.15, 0.2) is 6.10 Å². The molecule has 0 aliphatic rings. The average Bonchev–Trinajstić information content (AvgIpc) is 2.56. The number of anilines is 1. The third-order valence-electron chi connectivity index (χ3n) is 3.18. The molecule has 0 spiro atoms. The lowest BCUT2D eigenvalue weighted by atomic mass is 10.3. The minimum atomic E-state index is -3.72. The zero-order valence-corrected chi connectivity index (χ0v) is 15.5. The number of carbonyl (C=O) groups excluding carboxylic acids is 1. The summed E-state index contributed by atoms with van der Waals surface area (Å²) in [5.74, 6) is 0.147. The van der Waals surface area contributed by atoms with E-state index in [1.54, 1.807) is 31.2 Å². The van der Waals surface area contributed by atoms with Crippen LogP contribution in [0.15, 0.2) is 57.9 Å². The smallest absolute Gasteiger partial charge is 0.261 e. The molecule has 0 aliphatic heterocycles. The molecule has 2 aromatic carbocycles. The highest BCUT2D eigenvalue weighted by atomic mass is 79.9. The number of benzene rings is 2. The molecule has 128 valence electrons. The summed E-state index contributed by atoms with van der Waals surface area (Å²) in [5.41, 5.74) is 0.450. The normalized spacial score (nSPS) is 12.3. The van der Waals surface area contributed by atoms with Gasteiger partial charge in [0.2, 0.25) is 0 Å². The molecule has 1 atom stereocenters. The van der Waals surface area contributed by atoms with Crippen molar-refractivity contribution in [3.8, 4) is 5.75 Å². The number of amides is 1. The number of sulfonamides is 1. The van der Waals surface area contributed by atoms with Gasteiger partial charge in [-0.1, -0.05) is 12.1 Å². The first-order valence-corrected chi connectivity index (χ1v) is 9.37. The summed E-state index contributed by atoms with van der Waals surface area (Å²) in [6.07, 6.45) is -0.671. The Morgan fingerprint density at radius 3 is 2.33 bits per heavy atom. The van der Waals surface area contributed by atoms with Gasteiger partial charge in [0, 0.05) is 11.5 Å². The molecule has 0 heterocycles. The molecule has 0 fully saturated rings. The van der Waals surface area contributed by atoms with Gasteiger partial charge in [0.05, 0.1) is 10.6 Å². The molecule has 0 radical (unpaired) electrons. The fourth-order valence-corrected chi connectivity index (χ4v) is 3.50. The molecule has 0 saturated heterocycles. The van der Waals surface area contributed by atoms with Crippen molar-refractivity contribution in [3.63, 3.8) is 0 Å². The number of halogens is 1. The third kappa shape index (κ3) is 4.48. The van der Waals surface area contributed by atoms with E-state index in [-0.39, 0.29) is 10.8 Å². The van der Waals surface area contributed by atoms with Crippen LogP contribution in [0.3, 0.4) is 0 Å². The molecule has 0 bridgehead atoms. The van der Waals surface area contributed by atoms with Gasteiger partial charge in [0.25, 0.3) is 15.9 Å². The van der Waals surface area contributed by atoms with Gasteiger partial charge in [-0.05, 0) is 59.3 Å². The summed E-state index contributed by atoms with van der Waals surface area (Å²) in [5, 5.41) is 2.48. The fourth-order valence-electron chi connectivity index (χ4n) is 1.91. The van der Waals surface area contributed by atoms with Crippen molar-refractivity contribution in [2.75, 3.05) is 11.8 Å². The zero-order chi connectivity index (χ0) is 17.7. The molecule has 2 aromatic rings. The van der Waals surface area contributed by atoms with Crippen molar-refractivity contribution in [2.45, 2.75) is 17.9 Å². The van der Waals surface area contributed by atoms with Crippen molar-refractivity contribution in [1.82, 2.24) is 5.32 Å². The Morgan fingerprint density at radius 1 is 1.12 bits per heavy atom. The quantitative estimate of drug-likeness (QED) is 0.763. The van der Waals surface area contributed by atoms with Crippen LogP contribution in [0.25, 0.3) is 0 Å². The number of hydrogen-bond donors (Lipinski definition) is 2. The summed E-state index contributed by atoms with van der Waals surface area (Å²) in [4.78, 5) is 11.5. The van der Waals surface area contributed by atoms with Crippen LogP contribution in [-0.4, -0.2) is 27.5 Å². The monoisotopic (exact) mass is 412 g/mol. The molecular weight excluding hydrogens is 396 g/mol. The molecule has 0 aromatic heterocycles. The van der Waals surface area contributed by atoms with Gasteiger partial charge < -0.3 is 10.1 Å². The molecule has 0 aliphatic carbocycles. The zero-order valence-electron chi connectivity index (χ0n) is 13.1. The molecule has 0 saturated carbocycles. The highest BCUT2D eigenvalue weighted by Gasteiger charge is 2.17. The minimum absolute atomic E-state index is 0.0956. The minimum Gasteiger partial charge on any atom is -0.481 e. The predicted octanol–water partition coefficient (Wildman–Crippen LogP) is 2.76. The number of para-hydroxylation sites is 1. The Hall–Kier alpha value is -2.06. The van der Waals surface area contributed by atoms with E-state index in [0.717, 1.165) is 0 Å². The van der Waals surface area contributed by atoms with Gasteiger partial charge in [-0.25, -0.2) is 8.42 Å². The first kappa shape index (κ1) is 18.3. The summed E-state index contributed by atoms with van der Waals surface area (Å²) >= 11 is 3.30. The van der Waals surface area contributed by atoms with E-state index in [1.807, 2.05) is 0 Å². The molecule has 2 rings (SSSR count). The van der Waals surface area contributed by atoms with Gasteiger partial charge in [0.1, 0.15) is 5.75 Å². The lowest BCUT2D eigenvalue weighted by Crippen LogP contribution is -2.33. The van der Waals surface area contributed by atoms with Crippen LogP contribution in [0.1, 0.15) is 6.92 Å². The van der Waals surface area contributed by atoms with E-state index in [2.05, 4.69) is 26.0 Å². The van der Waals surface area contributed by atoms with Gasteiger partial charge >= 0.3 is 0 Å². The molecule has 2 N–H and O–H groups in total. The van der Waals surface area contributed by atoms with Crippen LogP contribution in [0, 0.1) is 0 Å². The maximum Gasteiger partial charge on any atom is 0.261 e. The highest BCUT2D eigenvalue weighted by Crippen LogP contribution is 2.25. The standard InChI is InChI=1S/C16H17BrN2O4S/c1-11(16(20)18-2)23-12-7-9-13(10-8-12)24(21,22)19-15-6-4-3-5-14(15)17/h3-11,19H,1-2H3,(H,18,20)/t11-/m0/s1. The summed E-state index contributed by atoms with van der Waals surface area (Å²) < 4.78 is 33.4. The summed E-state index contributed by atoms with van der Waals surface area (Å²) in [6, 6.07) is 12.8. The number of rotatable bonds is 6. The van der Waals surface area contributed by atoms with E-state index >= 15 is 0 Å². The molecular formula is C16H17BrN2O4S. The van der Waals surface area contributed by atoms with Crippen molar-refractivity contribution >= 4 is 37.5 Å². The van der Waals surface area contributed by atoms with Crippen LogP contribution >= 0.6 is 15.9 Å². The lowest BCUT2D eigenvalue weighted by Gasteiger charge is -2.14. The summed E-state index contributed by atoms with van der Waals surface area (Å²) in [7, 11) is -2.20. The number of nitrogens with one attached hydrogen (secondary N) is 2. The van der Waals surface area contributed by atoms with E-state index in [4.69, 9.17) is 4.74 Å². The fraction of sp³-hybridized carbons (Fsp3) is 0.188. The highest BCUT2D eigenvalue weighted by molar-refractivity contribution is 9.10. The maximum atomic E-state index is 12.4. The van der Waals surface area contributed by atoms with Crippen LogP contribution in [0.5, 0.6) is 5.75 Å². The third-order valence-corrected chi connectivity index (χ3v) is 5.25. The molecule has 24 heavy (non-hydrogen) atoms. The molecule has 0 unspecified atom stereocenters. The largest absolute Gasteiger partial charge is 0.481 e. The Bertz CT molecular complexity index is 822. The molecule has 8 heteroatoms. The second-order valence-electron chi connectivity index (χ2n) is 4.93. The van der Waals surface area contributed by atoms with E-state index in [1.165, 1.54) is 31.3 Å². The van der Waals surface area contributed by atoms with Crippen molar-refractivity contribution in [1.29, 1.82) is 0 Å². The average molecular weight is 413 g/mol. The SMILES string of the molecule is CNC(=O)[C@H](C)Oc1ccc(S(=O)(=O)Nc2ccccc2Br)cc1. The number of likely N-dealkylation sites (N-methyl/N-ethyl adjacent to an activating group) is 1. The van der Waals surface area contributed by atoms with Crippen LogP contribution in [0.2, 0.25) is 0 Å². The molecule has 6 nitrogen and oxygen atoms in total. The van der Waals surface area contributed by atoms with Crippen molar-refractivity contribution in [2.24, 2.45) is 0 Å². The number of carbonyl (C=O) groups is 1. The van der Waals surface area contributed by atoms with E-state index < -0.39 is 16.1 Å². The van der Waals surface area contributed by atoms with Crippen molar-refractivity contribution in [3.05, 3.63) is 53.0 Å². The molecule has 1 amide bonds. The Morgan fingerprint density at radius 2 is 1.75 bits per heavy atom. The van der Waals surface area contributed by atoms with Crippen LogP contribution in [-0.2, 0) is 14.8 Å². The van der Waals surface area contributed by atoms with Gasteiger partial charge in [-0.15, -0.1) is 0 Å². The number of ether oxygens (including phenoxy) is 1. The first-order chi connectivity index (χ1) is 11.3. The van der Waals surface area contributed by atoms with E-state index in [0.29, 0.717) is 15.9 Å². The van der Waals surface area contributed by atoms with Gasteiger partial charge in [-0.3, -0.25) is 9.52 Å². The Kier molecular flexibility index (Phi) is 5.84. The second-order valence-corrected chi connectivity index (χ2v) is 7.47. The second kappa shape index (κ2) is 7.67. The maximum absolute atomic E-state index is 12.4. The Balaban J connectivity index is 2.14. The topological polar surface area (TPSA) is 84.5 Å². The Labute approximate surface area is 149 Å². The first-order valence-electron chi connectivity index (χ1n) is 7.09. The number of hydrogen-bond acceptors (Lipinski definition) is 4. The van der Waals surface area contributed by atoms with Gasteiger partial charge in [-0.2, -0.15) is 0 Å². The summed E-state index contributed by atoms with van der Waals surface area (Å²) in [6.45, 7) is 1.61. The predicted molar refractivity (Wildman–Crippen MR) is 95.5 cm³/mol. The van der Waals surface area contributed by atoms with Crippen LogP contribution < -0.4 is 14.8 Å². The van der Waals surface area contributed by atoms with E-state index in [9.17, 15) is 13.2 Å².